The normalized spacial score (nSPS) is 38.1. The van der Waals surface area contributed by atoms with Gasteiger partial charge in [-0.3, -0.25) is 0 Å². The molecule has 0 radical (unpaired) electrons. The molecule has 0 aromatic heterocycles. The van der Waals surface area contributed by atoms with Gasteiger partial charge in [0, 0.05) is 0 Å². The van der Waals surface area contributed by atoms with Crippen LogP contribution in [0.2, 0.25) is 0 Å². The van der Waals surface area contributed by atoms with Gasteiger partial charge in [-0.25, -0.2) is 0 Å². The maximum atomic E-state index is 10.3. The second-order valence-corrected chi connectivity index (χ2v) is 5.19. The molecule has 1 saturated heterocycles. The highest BCUT2D eigenvalue weighted by Crippen LogP contribution is 2.22. The number of carbonyl (C=O) groups excluding carboxylic acids is 1. The molecular weight excluding hydrogens is 304 g/mol. The number of carbonyl (C=O) groups is 1. The summed E-state index contributed by atoms with van der Waals surface area (Å²) in [5.41, 5.74) is 0. The van der Waals surface area contributed by atoms with Gasteiger partial charge in [0.25, 0.3) is 0 Å². The summed E-state index contributed by atoms with van der Waals surface area (Å²) >= 11 is 0. The van der Waals surface area contributed by atoms with E-state index in [1.165, 1.54) is 6.92 Å². The average molecular weight is 326 g/mol. The topological polar surface area (TPSA) is 177 Å². The zero-order valence-corrected chi connectivity index (χ0v) is 11.8. The second kappa shape index (κ2) is 8.24. The smallest absolute Gasteiger partial charge is 0.186 e. The van der Waals surface area contributed by atoms with Crippen molar-refractivity contribution in [2.24, 2.45) is 0 Å². The fourth-order valence-corrected chi connectivity index (χ4v) is 1.95. The van der Waals surface area contributed by atoms with E-state index < -0.39 is 61.7 Å². The lowest BCUT2D eigenvalue weighted by atomic mass is 10.00. The van der Waals surface area contributed by atoms with Crippen molar-refractivity contribution in [1.29, 1.82) is 0 Å². The Bertz CT molecular complexity index is 353. The minimum atomic E-state index is -1.92. The maximum absolute atomic E-state index is 10.3. The minimum absolute atomic E-state index is 0.00507. The molecule has 0 aliphatic carbocycles. The van der Waals surface area contributed by atoms with E-state index in [9.17, 15) is 35.4 Å². The van der Waals surface area contributed by atoms with Crippen LogP contribution in [-0.2, 0) is 14.3 Å². The van der Waals surface area contributed by atoms with Gasteiger partial charge in [0.15, 0.2) is 12.6 Å². The molecule has 0 aromatic carbocycles. The Kier molecular flexibility index (Phi) is 7.25. The Morgan fingerprint density at radius 3 is 2.18 bits per heavy atom. The van der Waals surface area contributed by atoms with Crippen LogP contribution in [0.25, 0.3) is 0 Å². The third kappa shape index (κ3) is 4.41. The van der Waals surface area contributed by atoms with Crippen molar-refractivity contribution in [2.45, 2.75) is 62.0 Å². The molecular formula is C12H22O10. The quantitative estimate of drug-likeness (QED) is 0.225. The summed E-state index contributed by atoms with van der Waals surface area (Å²) in [6.07, 6.45) is -14.0. The van der Waals surface area contributed by atoms with Gasteiger partial charge in [0.2, 0.25) is 0 Å². The molecule has 0 spiro atoms. The molecule has 1 aliphatic rings. The standard InChI is InChI=1S/C12H22O10/c1-4-7(16)10(19)11(20)12(22-4)21-3-6(15)9(18)8(17)5(14)2-13/h2,4-12,14-20H,3H2,1H3/t4-,5-,6+,7-,8+,9+,10+,11+,12+/m0/s1. The molecule has 130 valence electrons. The molecule has 9 atom stereocenters. The number of aldehydes is 1. The lowest BCUT2D eigenvalue weighted by Crippen LogP contribution is -2.58. The third-order valence-electron chi connectivity index (χ3n) is 3.47. The van der Waals surface area contributed by atoms with Crippen LogP contribution in [0.5, 0.6) is 0 Å². The van der Waals surface area contributed by atoms with Crippen LogP contribution in [0.3, 0.4) is 0 Å². The van der Waals surface area contributed by atoms with Crippen molar-refractivity contribution in [2.75, 3.05) is 6.61 Å². The van der Waals surface area contributed by atoms with Crippen LogP contribution in [0.15, 0.2) is 0 Å². The van der Waals surface area contributed by atoms with Gasteiger partial charge in [-0.2, -0.15) is 0 Å². The highest BCUT2D eigenvalue weighted by molar-refractivity contribution is 5.56. The fraction of sp³-hybridized carbons (Fsp3) is 0.917. The zero-order valence-electron chi connectivity index (χ0n) is 11.8. The van der Waals surface area contributed by atoms with Crippen LogP contribution in [-0.4, -0.2) is 104 Å². The molecule has 1 aliphatic heterocycles. The molecule has 0 amide bonds. The Morgan fingerprint density at radius 1 is 1.05 bits per heavy atom. The molecule has 7 N–H and O–H groups in total. The molecule has 1 rings (SSSR count). The summed E-state index contributed by atoms with van der Waals surface area (Å²) in [5, 5.41) is 66.3. The summed E-state index contributed by atoms with van der Waals surface area (Å²) in [6, 6.07) is 0. The zero-order chi connectivity index (χ0) is 17.0. The molecule has 10 nitrogen and oxygen atoms in total. The number of aliphatic hydroxyl groups excluding tert-OH is 7. The van der Waals surface area contributed by atoms with Gasteiger partial charge in [-0.05, 0) is 6.92 Å². The van der Waals surface area contributed by atoms with Gasteiger partial charge < -0.3 is 50.0 Å². The van der Waals surface area contributed by atoms with E-state index in [1.807, 2.05) is 0 Å². The molecule has 0 unspecified atom stereocenters. The summed E-state index contributed by atoms with van der Waals surface area (Å²) in [5.74, 6) is 0. The summed E-state index contributed by atoms with van der Waals surface area (Å²) < 4.78 is 10.1. The fourth-order valence-electron chi connectivity index (χ4n) is 1.95. The van der Waals surface area contributed by atoms with E-state index in [-0.39, 0.29) is 6.29 Å². The Morgan fingerprint density at radius 2 is 1.64 bits per heavy atom. The van der Waals surface area contributed by atoms with E-state index in [0.717, 1.165) is 0 Å². The van der Waals surface area contributed by atoms with Crippen LogP contribution in [0.1, 0.15) is 6.92 Å². The molecule has 0 saturated carbocycles. The van der Waals surface area contributed by atoms with E-state index in [0.29, 0.717) is 0 Å². The largest absolute Gasteiger partial charge is 0.388 e. The minimum Gasteiger partial charge on any atom is -0.388 e. The van der Waals surface area contributed by atoms with Crippen molar-refractivity contribution in [3.05, 3.63) is 0 Å². The van der Waals surface area contributed by atoms with E-state index >= 15 is 0 Å². The lowest BCUT2D eigenvalue weighted by Gasteiger charge is -2.39. The third-order valence-corrected chi connectivity index (χ3v) is 3.47. The predicted molar refractivity (Wildman–Crippen MR) is 68.4 cm³/mol. The lowest BCUT2D eigenvalue weighted by molar-refractivity contribution is -0.299. The van der Waals surface area contributed by atoms with E-state index in [2.05, 4.69) is 0 Å². The Labute approximate surface area is 126 Å². The highest BCUT2D eigenvalue weighted by atomic mass is 16.7. The van der Waals surface area contributed by atoms with Gasteiger partial charge in [-0.15, -0.1) is 0 Å². The monoisotopic (exact) mass is 326 g/mol. The highest BCUT2D eigenvalue weighted by Gasteiger charge is 2.43. The molecule has 22 heavy (non-hydrogen) atoms. The van der Waals surface area contributed by atoms with E-state index in [4.69, 9.17) is 14.6 Å². The molecule has 1 heterocycles. The van der Waals surface area contributed by atoms with Crippen LogP contribution in [0, 0.1) is 0 Å². The van der Waals surface area contributed by atoms with Gasteiger partial charge in [0.05, 0.1) is 12.7 Å². The van der Waals surface area contributed by atoms with Crippen molar-refractivity contribution in [1.82, 2.24) is 0 Å². The van der Waals surface area contributed by atoms with Gasteiger partial charge in [0.1, 0.15) is 42.7 Å². The number of hydrogen-bond donors (Lipinski definition) is 7. The first-order valence-corrected chi connectivity index (χ1v) is 6.69. The number of rotatable bonds is 7. The van der Waals surface area contributed by atoms with Crippen molar-refractivity contribution >= 4 is 6.29 Å². The van der Waals surface area contributed by atoms with Crippen LogP contribution < -0.4 is 0 Å². The second-order valence-electron chi connectivity index (χ2n) is 5.19. The van der Waals surface area contributed by atoms with Crippen LogP contribution in [0.4, 0.5) is 0 Å². The first-order chi connectivity index (χ1) is 10.2. The van der Waals surface area contributed by atoms with E-state index in [1.54, 1.807) is 0 Å². The Hall–Kier alpha value is -0.690. The molecule has 0 bridgehead atoms. The van der Waals surface area contributed by atoms with Gasteiger partial charge >= 0.3 is 0 Å². The molecule has 10 heteroatoms. The predicted octanol–water partition coefficient (Wildman–Crippen LogP) is -4.53. The van der Waals surface area contributed by atoms with Crippen LogP contribution >= 0.6 is 0 Å². The van der Waals surface area contributed by atoms with Crippen molar-refractivity contribution < 1.29 is 50.0 Å². The first kappa shape index (κ1) is 19.4. The summed E-state index contributed by atoms with van der Waals surface area (Å²) in [4.78, 5) is 10.3. The number of ether oxygens (including phenoxy) is 2. The van der Waals surface area contributed by atoms with Gasteiger partial charge in [-0.1, -0.05) is 0 Å². The molecule has 1 fully saturated rings. The number of aliphatic hydroxyl groups is 7. The maximum Gasteiger partial charge on any atom is 0.186 e. The average Bonchev–Trinajstić information content (AvgIpc) is 2.52. The Balaban J connectivity index is 2.52. The summed E-state index contributed by atoms with van der Waals surface area (Å²) in [6.45, 7) is 0.812. The molecule has 0 aromatic rings. The van der Waals surface area contributed by atoms with Crippen molar-refractivity contribution in [3.63, 3.8) is 0 Å². The number of hydrogen-bond acceptors (Lipinski definition) is 10. The first-order valence-electron chi connectivity index (χ1n) is 6.69. The van der Waals surface area contributed by atoms with Crippen molar-refractivity contribution in [3.8, 4) is 0 Å². The summed E-state index contributed by atoms with van der Waals surface area (Å²) in [7, 11) is 0. The SMILES string of the molecule is C[C@@H]1O[C@@H](OC[C@@H](O)[C@@H](O)[C@H](O)[C@@H](O)C=O)[C@H](O)[C@H](O)[C@H]1O.